The van der Waals surface area contributed by atoms with Crippen molar-refractivity contribution in [3.63, 3.8) is 0 Å². The summed E-state index contributed by atoms with van der Waals surface area (Å²) in [5.74, 6) is -0.0879. The summed E-state index contributed by atoms with van der Waals surface area (Å²) in [4.78, 5) is 13.3. The number of hydrogen-bond donors (Lipinski definition) is 1. The number of benzene rings is 1. The van der Waals surface area contributed by atoms with Crippen LogP contribution >= 0.6 is 0 Å². The van der Waals surface area contributed by atoms with E-state index in [-0.39, 0.29) is 5.69 Å². The third-order valence-corrected chi connectivity index (χ3v) is 3.53. The van der Waals surface area contributed by atoms with Crippen LogP contribution in [-0.2, 0) is 13.1 Å². The SMILES string of the molecule is CCn1nc(CN2CCOc3ccccc32)cc1C(=O)O. The maximum absolute atomic E-state index is 11.2. The van der Waals surface area contributed by atoms with E-state index in [2.05, 4.69) is 10.00 Å². The van der Waals surface area contributed by atoms with Crippen LogP contribution in [0.25, 0.3) is 0 Å². The quantitative estimate of drug-likeness (QED) is 0.931. The molecule has 0 amide bonds. The number of rotatable bonds is 4. The third-order valence-electron chi connectivity index (χ3n) is 3.53. The molecular formula is C15H17N3O3. The van der Waals surface area contributed by atoms with E-state index >= 15 is 0 Å². The minimum Gasteiger partial charge on any atom is -0.490 e. The Labute approximate surface area is 122 Å². The lowest BCUT2D eigenvalue weighted by atomic mass is 10.2. The zero-order chi connectivity index (χ0) is 14.8. The second kappa shape index (κ2) is 5.47. The molecule has 1 aliphatic rings. The van der Waals surface area contributed by atoms with E-state index in [1.54, 1.807) is 6.07 Å². The number of anilines is 1. The lowest BCUT2D eigenvalue weighted by molar-refractivity contribution is 0.0683. The van der Waals surface area contributed by atoms with Crippen molar-refractivity contribution in [3.05, 3.63) is 41.7 Å². The van der Waals surface area contributed by atoms with Crippen LogP contribution in [0, 0.1) is 0 Å². The first-order valence-corrected chi connectivity index (χ1v) is 6.96. The third kappa shape index (κ3) is 2.56. The molecule has 0 bridgehead atoms. The average molecular weight is 287 g/mol. The summed E-state index contributed by atoms with van der Waals surface area (Å²) in [6.45, 7) is 4.39. The predicted octanol–water partition coefficient (Wildman–Crippen LogP) is 2.00. The number of hydrogen-bond acceptors (Lipinski definition) is 4. The van der Waals surface area contributed by atoms with Crippen molar-refractivity contribution < 1.29 is 14.6 Å². The topological polar surface area (TPSA) is 67.6 Å². The van der Waals surface area contributed by atoms with E-state index in [0.29, 0.717) is 19.7 Å². The molecular weight excluding hydrogens is 270 g/mol. The molecule has 3 rings (SSSR count). The minimum absolute atomic E-state index is 0.231. The molecule has 2 aromatic rings. The molecule has 2 heterocycles. The van der Waals surface area contributed by atoms with E-state index < -0.39 is 5.97 Å². The highest BCUT2D eigenvalue weighted by molar-refractivity contribution is 5.85. The van der Waals surface area contributed by atoms with Gasteiger partial charge in [0.25, 0.3) is 0 Å². The Balaban J connectivity index is 1.86. The largest absolute Gasteiger partial charge is 0.490 e. The van der Waals surface area contributed by atoms with E-state index in [4.69, 9.17) is 4.74 Å². The molecule has 1 aromatic carbocycles. The Morgan fingerprint density at radius 1 is 1.43 bits per heavy atom. The highest BCUT2D eigenvalue weighted by Gasteiger charge is 2.20. The van der Waals surface area contributed by atoms with Crippen LogP contribution in [0.2, 0.25) is 0 Å². The maximum atomic E-state index is 11.2. The van der Waals surface area contributed by atoms with Gasteiger partial charge in [-0.15, -0.1) is 0 Å². The number of fused-ring (bicyclic) bond motifs is 1. The summed E-state index contributed by atoms with van der Waals surface area (Å²) in [7, 11) is 0. The fourth-order valence-corrected chi connectivity index (χ4v) is 2.55. The zero-order valence-corrected chi connectivity index (χ0v) is 11.8. The van der Waals surface area contributed by atoms with Gasteiger partial charge in [0.15, 0.2) is 0 Å². The van der Waals surface area contributed by atoms with Gasteiger partial charge >= 0.3 is 5.97 Å². The summed E-state index contributed by atoms with van der Waals surface area (Å²) in [6.07, 6.45) is 0. The number of aromatic nitrogens is 2. The van der Waals surface area contributed by atoms with E-state index in [1.165, 1.54) is 4.68 Å². The number of aromatic carboxylic acids is 1. The summed E-state index contributed by atoms with van der Waals surface area (Å²) < 4.78 is 7.14. The maximum Gasteiger partial charge on any atom is 0.354 e. The number of carboxylic acid groups (broad SMARTS) is 1. The highest BCUT2D eigenvalue weighted by Crippen LogP contribution is 2.31. The predicted molar refractivity (Wildman–Crippen MR) is 77.8 cm³/mol. The van der Waals surface area contributed by atoms with Gasteiger partial charge in [0.1, 0.15) is 18.1 Å². The zero-order valence-electron chi connectivity index (χ0n) is 11.8. The fraction of sp³-hybridized carbons (Fsp3) is 0.333. The molecule has 0 radical (unpaired) electrons. The Kier molecular flexibility index (Phi) is 3.51. The Hall–Kier alpha value is -2.50. The van der Waals surface area contributed by atoms with Crippen molar-refractivity contribution in [2.24, 2.45) is 0 Å². The molecule has 110 valence electrons. The number of carboxylic acids is 1. The van der Waals surface area contributed by atoms with Crippen molar-refractivity contribution in [2.75, 3.05) is 18.1 Å². The van der Waals surface area contributed by atoms with Gasteiger partial charge in [-0.25, -0.2) is 4.79 Å². The number of carbonyl (C=O) groups is 1. The van der Waals surface area contributed by atoms with Gasteiger partial charge in [-0.2, -0.15) is 5.10 Å². The van der Waals surface area contributed by atoms with Crippen LogP contribution in [0.3, 0.4) is 0 Å². The van der Waals surface area contributed by atoms with Crippen LogP contribution in [-0.4, -0.2) is 34.0 Å². The van der Waals surface area contributed by atoms with Crippen LogP contribution in [0.5, 0.6) is 5.75 Å². The molecule has 0 unspecified atom stereocenters. The van der Waals surface area contributed by atoms with Gasteiger partial charge < -0.3 is 14.7 Å². The van der Waals surface area contributed by atoms with E-state index in [0.717, 1.165) is 23.7 Å². The van der Waals surface area contributed by atoms with Gasteiger partial charge in [-0.05, 0) is 25.1 Å². The van der Waals surface area contributed by atoms with Crippen LogP contribution in [0.15, 0.2) is 30.3 Å². The van der Waals surface area contributed by atoms with Crippen molar-refractivity contribution in [1.82, 2.24) is 9.78 Å². The molecule has 0 saturated carbocycles. The van der Waals surface area contributed by atoms with Gasteiger partial charge in [0, 0.05) is 6.54 Å². The molecule has 1 aromatic heterocycles. The van der Waals surface area contributed by atoms with Gasteiger partial charge in [-0.1, -0.05) is 12.1 Å². The molecule has 1 N–H and O–H groups in total. The molecule has 0 spiro atoms. The second-order valence-electron chi connectivity index (χ2n) is 4.88. The van der Waals surface area contributed by atoms with Crippen molar-refractivity contribution in [3.8, 4) is 5.75 Å². The lowest BCUT2D eigenvalue weighted by Crippen LogP contribution is -2.32. The molecule has 21 heavy (non-hydrogen) atoms. The summed E-state index contributed by atoms with van der Waals surface area (Å²) in [5.41, 5.74) is 2.01. The molecule has 0 atom stereocenters. The first-order chi connectivity index (χ1) is 10.2. The Morgan fingerprint density at radius 2 is 2.24 bits per heavy atom. The van der Waals surface area contributed by atoms with Crippen molar-refractivity contribution >= 4 is 11.7 Å². The van der Waals surface area contributed by atoms with Crippen LogP contribution < -0.4 is 9.64 Å². The van der Waals surface area contributed by atoms with Crippen LogP contribution in [0.4, 0.5) is 5.69 Å². The average Bonchev–Trinajstić information content (AvgIpc) is 2.91. The smallest absolute Gasteiger partial charge is 0.354 e. The van der Waals surface area contributed by atoms with Gasteiger partial charge in [0.2, 0.25) is 0 Å². The number of aryl methyl sites for hydroxylation is 1. The first kappa shape index (κ1) is 13.5. The number of ether oxygens (including phenoxy) is 1. The molecule has 6 nitrogen and oxygen atoms in total. The lowest BCUT2D eigenvalue weighted by Gasteiger charge is -2.30. The monoisotopic (exact) mass is 287 g/mol. The fourth-order valence-electron chi connectivity index (χ4n) is 2.55. The summed E-state index contributed by atoms with van der Waals surface area (Å²) >= 11 is 0. The van der Waals surface area contributed by atoms with Gasteiger partial charge in [0.05, 0.1) is 24.5 Å². The summed E-state index contributed by atoms with van der Waals surface area (Å²) in [5, 5.41) is 13.5. The molecule has 0 aliphatic carbocycles. The second-order valence-corrected chi connectivity index (χ2v) is 4.88. The molecule has 1 aliphatic heterocycles. The van der Waals surface area contributed by atoms with Crippen molar-refractivity contribution in [1.29, 1.82) is 0 Å². The van der Waals surface area contributed by atoms with Crippen LogP contribution in [0.1, 0.15) is 23.1 Å². The Bertz CT molecular complexity index is 666. The minimum atomic E-state index is -0.946. The normalized spacial score (nSPS) is 13.7. The molecule has 0 fully saturated rings. The number of para-hydroxylation sites is 2. The first-order valence-electron chi connectivity index (χ1n) is 6.96. The highest BCUT2D eigenvalue weighted by atomic mass is 16.5. The standard InChI is InChI=1S/C15H17N3O3/c1-2-18-13(15(19)20)9-11(16-18)10-17-7-8-21-14-6-4-3-5-12(14)17/h3-6,9H,2,7-8,10H2,1H3,(H,19,20). The summed E-state index contributed by atoms with van der Waals surface area (Å²) in [6, 6.07) is 9.49. The van der Waals surface area contributed by atoms with Crippen molar-refractivity contribution in [2.45, 2.75) is 20.0 Å². The number of nitrogens with zero attached hydrogens (tertiary/aromatic N) is 3. The molecule has 0 saturated heterocycles. The van der Waals surface area contributed by atoms with Gasteiger partial charge in [-0.3, -0.25) is 4.68 Å². The van der Waals surface area contributed by atoms with E-state index in [1.807, 2.05) is 31.2 Å². The molecule has 6 heteroatoms. The Morgan fingerprint density at radius 3 is 2.95 bits per heavy atom. The van der Waals surface area contributed by atoms with E-state index in [9.17, 15) is 9.90 Å².